The SMILES string of the molecule is C[C@H](c1ccc(Cl)cc1)N(C)C(=O)NCc1ccco1. The van der Waals surface area contributed by atoms with Crippen molar-refractivity contribution < 1.29 is 9.21 Å². The molecule has 0 spiro atoms. The maximum Gasteiger partial charge on any atom is 0.318 e. The molecule has 2 rings (SSSR count). The fourth-order valence-electron chi connectivity index (χ4n) is 1.84. The second-order valence-electron chi connectivity index (χ2n) is 4.58. The van der Waals surface area contributed by atoms with Gasteiger partial charge < -0.3 is 14.6 Å². The molecule has 0 unspecified atom stereocenters. The highest BCUT2D eigenvalue weighted by Gasteiger charge is 2.17. The lowest BCUT2D eigenvalue weighted by Crippen LogP contribution is -2.38. The molecule has 0 aliphatic heterocycles. The van der Waals surface area contributed by atoms with Crippen molar-refractivity contribution >= 4 is 17.6 Å². The first-order chi connectivity index (χ1) is 9.58. The number of urea groups is 1. The van der Waals surface area contributed by atoms with Crippen LogP contribution < -0.4 is 5.32 Å². The quantitative estimate of drug-likeness (QED) is 0.930. The van der Waals surface area contributed by atoms with Crippen molar-refractivity contribution in [2.24, 2.45) is 0 Å². The minimum absolute atomic E-state index is 0.0381. The van der Waals surface area contributed by atoms with Crippen LogP contribution in [-0.4, -0.2) is 18.0 Å². The van der Waals surface area contributed by atoms with E-state index in [1.165, 1.54) is 0 Å². The molecule has 0 aliphatic carbocycles. The molecule has 0 aliphatic rings. The Kier molecular flexibility index (Phi) is 4.69. The number of nitrogens with zero attached hydrogens (tertiary/aromatic N) is 1. The Hall–Kier alpha value is -1.94. The summed E-state index contributed by atoms with van der Waals surface area (Å²) >= 11 is 5.86. The Balaban J connectivity index is 1.93. The Bertz CT molecular complexity index is 552. The lowest BCUT2D eigenvalue weighted by Gasteiger charge is -2.25. The van der Waals surface area contributed by atoms with Gasteiger partial charge in [-0.25, -0.2) is 4.79 Å². The van der Waals surface area contributed by atoms with Gasteiger partial charge in [0, 0.05) is 12.1 Å². The van der Waals surface area contributed by atoms with Crippen molar-refractivity contribution in [1.82, 2.24) is 10.2 Å². The summed E-state index contributed by atoms with van der Waals surface area (Å²) in [7, 11) is 1.76. The lowest BCUT2D eigenvalue weighted by atomic mass is 10.1. The fraction of sp³-hybridized carbons (Fsp3) is 0.267. The molecule has 1 N–H and O–H groups in total. The maximum absolute atomic E-state index is 12.1. The third kappa shape index (κ3) is 3.54. The van der Waals surface area contributed by atoms with Crippen LogP contribution in [0.15, 0.2) is 47.1 Å². The van der Waals surface area contributed by atoms with Crippen molar-refractivity contribution in [2.45, 2.75) is 19.5 Å². The monoisotopic (exact) mass is 292 g/mol. The number of carbonyl (C=O) groups excluding carboxylic acids is 1. The summed E-state index contributed by atoms with van der Waals surface area (Å²) in [5.41, 5.74) is 1.03. The molecule has 0 saturated carbocycles. The van der Waals surface area contributed by atoms with Crippen molar-refractivity contribution in [1.29, 1.82) is 0 Å². The van der Waals surface area contributed by atoms with E-state index in [-0.39, 0.29) is 12.1 Å². The average molecular weight is 293 g/mol. The molecular weight excluding hydrogens is 276 g/mol. The lowest BCUT2D eigenvalue weighted by molar-refractivity contribution is 0.193. The first-order valence-corrected chi connectivity index (χ1v) is 6.74. The third-order valence-electron chi connectivity index (χ3n) is 3.25. The zero-order valence-electron chi connectivity index (χ0n) is 11.5. The first-order valence-electron chi connectivity index (χ1n) is 6.36. The predicted octanol–water partition coefficient (Wildman–Crippen LogP) is 3.84. The number of furan rings is 1. The number of rotatable bonds is 4. The minimum atomic E-state index is -0.149. The second-order valence-corrected chi connectivity index (χ2v) is 5.01. The summed E-state index contributed by atoms with van der Waals surface area (Å²) in [6, 6.07) is 10.9. The highest BCUT2D eigenvalue weighted by molar-refractivity contribution is 6.30. The maximum atomic E-state index is 12.1. The van der Waals surface area contributed by atoms with Gasteiger partial charge in [-0.3, -0.25) is 0 Å². The summed E-state index contributed by atoms with van der Waals surface area (Å²) < 4.78 is 5.17. The van der Waals surface area contributed by atoms with Gasteiger partial charge in [0.15, 0.2) is 0 Å². The average Bonchev–Trinajstić information content (AvgIpc) is 2.97. The number of benzene rings is 1. The molecule has 1 atom stereocenters. The van der Waals surface area contributed by atoms with Crippen molar-refractivity contribution in [3.63, 3.8) is 0 Å². The molecule has 0 radical (unpaired) electrons. The molecular formula is C15H17ClN2O2. The van der Waals surface area contributed by atoms with Gasteiger partial charge in [-0.1, -0.05) is 23.7 Å². The van der Waals surface area contributed by atoms with E-state index < -0.39 is 0 Å². The van der Waals surface area contributed by atoms with Crippen LogP contribution >= 0.6 is 11.6 Å². The molecule has 2 aromatic rings. The van der Waals surface area contributed by atoms with Gasteiger partial charge in [-0.05, 0) is 36.8 Å². The van der Waals surface area contributed by atoms with E-state index in [1.54, 1.807) is 24.3 Å². The van der Waals surface area contributed by atoms with Crippen LogP contribution in [0.5, 0.6) is 0 Å². The molecule has 1 aromatic heterocycles. The summed E-state index contributed by atoms with van der Waals surface area (Å²) in [4.78, 5) is 13.7. The molecule has 0 fully saturated rings. The molecule has 0 bridgehead atoms. The van der Waals surface area contributed by atoms with Gasteiger partial charge in [0.2, 0.25) is 0 Å². The summed E-state index contributed by atoms with van der Waals surface area (Å²) in [6.45, 7) is 2.35. The number of amides is 2. The fourth-order valence-corrected chi connectivity index (χ4v) is 1.97. The summed E-state index contributed by atoms with van der Waals surface area (Å²) in [6.07, 6.45) is 1.58. The molecule has 1 aromatic carbocycles. The largest absolute Gasteiger partial charge is 0.467 e. The molecule has 1 heterocycles. The van der Waals surface area contributed by atoms with Gasteiger partial charge in [-0.15, -0.1) is 0 Å². The zero-order valence-corrected chi connectivity index (χ0v) is 12.2. The van der Waals surface area contributed by atoms with Crippen molar-refractivity contribution in [3.8, 4) is 0 Å². The highest BCUT2D eigenvalue weighted by atomic mass is 35.5. The Morgan fingerprint density at radius 3 is 2.65 bits per heavy atom. The van der Waals surface area contributed by atoms with Crippen LogP contribution in [0.25, 0.3) is 0 Å². The van der Waals surface area contributed by atoms with Crippen LogP contribution in [0, 0.1) is 0 Å². The van der Waals surface area contributed by atoms with Crippen LogP contribution in [0.2, 0.25) is 5.02 Å². The Labute approximate surface area is 123 Å². The standard InChI is InChI=1S/C15H17ClN2O2/c1-11(12-5-7-13(16)8-6-12)18(2)15(19)17-10-14-4-3-9-20-14/h3-9,11H,10H2,1-2H3,(H,17,19)/t11-/m1/s1. The zero-order chi connectivity index (χ0) is 14.5. The molecule has 0 saturated heterocycles. The van der Waals surface area contributed by atoms with Gasteiger partial charge in [0.25, 0.3) is 0 Å². The summed E-state index contributed by atoms with van der Waals surface area (Å²) in [5.74, 6) is 0.728. The van der Waals surface area contributed by atoms with E-state index in [9.17, 15) is 4.79 Å². The number of nitrogens with one attached hydrogen (secondary N) is 1. The van der Waals surface area contributed by atoms with E-state index in [0.29, 0.717) is 11.6 Å². The van der Waals surface area contributed by atoms with Gasteiger partial charge in [0.1, 0.15) is 5.76 Å². The highest BCUT2D eigenvalue weighted by Crippen LogP contribution is 2.20. The van der Waals surface area contributed by atoms with Crippen LogP contribution in [0.4, 0.5) is 4.79 Å². The topological polar surface area (TPSA) is 45.5 Å². The van der Waals surface area contributed by atoms with Gasteiger partial charge in [0.05, 0.1) is 18.8 Å². The van der Waals surface area contributed by atoms with Gasteiger partial charge in [-0.2, -0.15) is 0 Å². The predicted molar refractivity (Wildman–Crippen MR) is 78.6 cm³/mol. The first kappa shape index (κ1) is 14.5. The van der Waals surface area contributed by atoms with E-state index in [2.05, 4.69) is 5.32 Å². The number of halogens is 1. The van der Waals surface area contributed by atoms with Crippen molar-refractivity contribution in [2.75, 3.05) is 7.05 Å². The second kappa shape index (κ2) is 6.48. The summed E-state index contributed by atoms with van der Waals surface area (Å²) in [5, 5.41) is 3.50. The number of hydrogen-bond donors (Lipinski definition) is 1. The van der Waals surface area contributed by atoms with Crippen molar-refractivity contribution in [3.05, 3.63) is 59.0 Å². The molecule has 20 heavy (non-hydrogen) atoms. The smallest absolute Gasteiger partial charge is 0.318 e. The Morgan fingerprint density at radius 2 is 2.05 bits per heavy atom. The van der Waals surface area contributed by atoms with E-state index in [0.717, 1.165) is 11.3 Å². The van der Waals surface area contributed by atoms with E-state index in [1.807, 2.05) is 37.3 Å². The Morgan fingerprint density at radius 1 is 1.35 bits per heavy atom. The van der Waals surface area contributed by atoms with Crippen LogP contribution in [0.3, 0.4) is 0 Å². The molecule has 2 amide bonds. The molecule has 4 nitrogen and oxygen atoms in total. The minimum Gasteiger partial charge on any atom is -0.467 e. The third-order valence-corrected chi connectivity index (χ3v) is 3.50. The number of hydrogen-bond acceptors (Lipinski definition) is 2. The van der Waals surface area contributed by atoms with Crippen LogP contribution in [-0.2, 0) is 6.54 Å². The normalized spacial score (nSPS) is 11.9. The van der Waals surface area contributed by atoms with E-state index >= 15 is 0 Å². The molecule has 106 valence electrons. The van der Waals surface area contributed by atoms with E-state index in [4.69, 9.17) is 16.0 Å². The number of carbonyl (C=O) groups is 1. The van der Waals surface area contributed by atoms with Gasteiger partial charge >= 0.3 is 6.03 Å². The molecule has 5 heteroatoms. The van der Waals surface area contributed by atoms with Crippen LogP contribution in [0.1, 0.15) is 24.3 Å².